The van der Waals surface area contributed by atoms with Crippen LogP contribution in [0.3, 0.4) is 0 Å². The molecule has 0 aliphatic heterocycles. The standard InChI is InChI=1S/C18H25F3N2O3/c19-18(20,21)14-6-7-16(23(8-10-24)9-11-25)15(12-14)22-17(26)13-4-2-1-3-5-13/h6-7,12-13,24-25H,1-5,8-11H2,(H,22,26). The van der Waals surface area contributed by atoms with Crippen LogP contribution in [0.5, 0.6) is 0 Å². The van der Waals surface area contributed by atoms with Gasteiger partial charge in [0.25, 0.3) is 0 Å². The number of alkyl halides is 3. The molecule has 5 nitrogen and oxygen atoms in total. The Kier molecular flexibility index (Phi) is 7.28. The van der Waals surface area contributed by atoms with Crippen LogP contribution in [0.4, 0.5) is 24.5 Å². The van der Waals surface area contributed by atoms with E-state index in [1.54, 1.807) is 4.90 Å². The summed E-state index contributed by atoms with van der Waals surface area (Å²) in [7, 11) is 0. The number of aliphatic hydroxyl groups is 2. The van der Waals surface area contributed by atoms with Gasteiger partial charge in [-0.05, 0) is 31.0 Å². The molecule has 3 N–H and O–H groups in total. The number of benzene rings is 1. The molecule has 1 aromatic carbocycles. The van der Waals surface area contributed by atoms with E-state index in [9.17, 15) is 28.2 Å². The predicted octanol–water partition coefficient (Wildman–Crippen LogP) is 3.02. The molecule has 1 fully saturated rings. The second-order valence-electron chi connectivity index (χ2n) is 6.49. The van der Waals surface area contributed by atoms with Crippen LogP contribution in [-0.2, 0) is 11.0 Å². The minimum absolute atomic E-state index is 0.0531. The summed E-state index contributed by atoms with van der Waals surface area (Å²) in [5.41, 5.74) is -0.448. The zero-order valence-corrected chi connectivity index (χ0v) is 14.6. The summed E-state index contributed by atoms with van der Waals surface area (Å²) in [5.74, 6) is -0.478. The van der Waals surface area contributed by atoms with Crippen molar-refractivity contribution in [1.82, 2.24) is 0 Å². The van der Waals surface area contributed by atoms with Crippen molar-refractivity contribution < 1.29 is 28.2 Å². The molecule has 1 aliphatic rings. The van der Waals surface area contributed by atoms with Crippen molar-refractivity contribution >= 4 is 17.3 Å². The molecule has 0 unspecified atom stereocenters. The van der Waals surface area contributed by atoms with E-state index in [1.165, 1.54) is 6.07 Å². The molecule has 0 bridgehead atoms. The Bertz CT molecular complexity index is 596. The summed E-state index contributed by atoms with van der Waals surface area (Å²) in [4.78, 5) is 14.1. The maximum absolute atomic E-state index is 13.1. The third-order valence-corrected chi connectivity index (χ3v) is 4.64. The van der Waals surface area contributed by atoms with E-state index in [4.69, 9.17) is 0 Å². The van der Waals surface area contributed by atoms with Crippen LogP contribution in [0.1, 0.15) is 37.7 Å². The van der Waals surface area contributed by atoms with E-state index in [0.29, 0.717) is 5.69 Å². The molecule has 1 aliphatic carbocycles. The molecule has 0 atom stereocenters. The molecular weight excluding hydrogens is 349 g/mol. The Morgan fingerprint density at radius 3 is 2.27 bits per heavy atom. The monoisotopic (exact) mass is 374 g/mol. The lowest BCUT2D eigenvalue weighted by atomic mass is 9.88. The minimum atomic E-state index is -4.53. The van der Waals surface area contributed by atoms with Crippen LogP contribution < -0.4 is 10.2 Å². The van der Waals surface area contributed by atoms with Gasteiger partial charge in [0, 0.05) is 19.0 Å². The number of aliphatic hydroxyl groups excluding tert-OH is 2. The van der Waals surface area contributed by atoms with Crippen LogP contribution in [0, 0.1) is 5.92 Å². The lowest BCUT2D eigenvalue weighted by Crippen LogP contribution is -2.32. The minimum Gasteiger partial charge on any atom is -0.395 e. The first-order valence-electron chi connectivity index (χ1n) is 8.85. The van der Waals surface area contributed by atoms with Gasteiger partial charge in [-0.3, -0.25) is 4.79 Å². The van der Waals surface area contributed by atoms with Gasteiger partial charge in [0.2, 0.25) is 5.91 Å². The van der Waals surface area contributed by atoms with Crippen LogP contribution >= 0.6 is 0 Å². The first kappa shape index (κ1) is 20.5. The highest BCUT2D eigenvalue weighted by molar-refractivity contribution is 5.96. The Morgan fingerprint density at radius 2 is 1.73 bits per heavy atom. The number of hydrogen-bond acceptors (Lipinski definition) is 4. The lowest BCUT2D eigenvalue weighted by Gasteiger charge is -2.28. The summed E-state index contributed by atoms with van der Waals surface area (Å²) in [6, 6.07) is 3.12. The number of hydrogen-bond donors (Lipinski definition) is 3. The molecule has 0 radical (unpaired) electrons. The van der Waals surface area contributed by atoms with Crippen LogP contribution in [0.2, 0.25) is 0 Å². The van der Waals surface area contributed by atoms with Crippen molar-refractivity contribution in [2.45, 2.75) is 38.3 Å². The normalized spacial score (nSPS) is 15.7. The van der Waals surface area contributed by atoms with Gasteiger partial charge < -0.3 is 20.4 Å². The maximum atomic E-state index is 13.1. The summed E-state index contributed by atoms with van der Waals surface area (Å²) < 4.78 is 39.2. The number of nitrogens with zero attached hydrogens (tertiary/aromatic N) is 1. The van der Waals surface area contributed by atoms with Crippen molar-refractivity contribution in [3.63, 3.8) is 0 Å². The molecule has 0 spiro atoms. The van der Waals surface area contributed by atoms with Gasteiger partial charge in [-0.1, -0.05) is 19.3 Å². The third kappa shape index (κ3) is 5.35. The van der Waals surface area contributed by atoms with Crippen molar-refractivity contribution in [2.24, 2.45) is 5.92 Å². The second kappa shape index (κ2) is 9.23. The fraction of sp³-hybridized carbons (Fsp3) is 0.611. The van der Waals surface area contributed by atoms with Crippen LogP contribution in [0.15, 0.2) is 18.2 Å². The smallest absolute Gasteiger partial charge is 0.395 e. The van der Waals surface area contributed by atoms with E-state index in [0.717, 1.165) is 44.2 Å². The molecule has 26 heavy (non-hydrogen) atoms. The highest BCUT2D eigenvalue weighted by Gasteiger charge is 2.32. The van der Waals surface area contributed by atoms with E-state index < -0.39 is 11.7 Å². The Hall–Kier alpha value is -1.80. The quantitative estimate of drug-likeness (QED) is 0.686. The predicted molar refractivity (Wildman–Crippen MR) is 93.0 cm³/mol. The van der Waals surface area contributed by atoms with Crippen molar-refractivity contribution in [2.75, 3.05) is 36.5 Å². The van der Waals surface area contributed by atoms with Gasteiger partial charge in [0.1, 0.15) is 0 Å². The number of anilines is 2. The number of carbonyl (C=O) groups is 1. The first-order chi connectivity index (χ1) is 12.4. The fourth-order valence-electron chi connectivity index (χ4n) is 3.28. The summed E-state index contributed by atoms with van der Waals surface area (Å²) in [5, 5.41) is 21.0. The molecule has 1 amide bonds. The molecule has 2 rings (SSSR count). The van der Waals surface area contributed by atoms with Crippen LogP contribution in [0.25, 0.3) is 0 Å². The third-order valence-electron chi connectivity index (χ3n) is 4.64. The molecular formula is C18H25F3N2O3. The van der Waals surface area contributed by atoms with Crippen molar-refractivity contribution in [3.05, 3.63) is 23.8 Å². The van der Waals surface area contributed by atoms with E-state index >= 15 is 0 Å². The average Bonchev–Trinajstić information content (AvgIpc) is 2.61. The highest BCUT2D eigenvalue weighted by atomic mass is 19.4. The topological polar surface area (TPSA) is 72.8 Å². The van der Waals surface area contributed by atoms with E-state index in [1.807, 2.05) is 0 Å². The molecule has 0 saturated heterocycles. The molecule has 0 aromatic heterocycles. The Labute approximate surface area is 150 Å². The maximum Gasteiger partial charge on any atom is 0.416 e. The average molecular weight is 374 g/mol. The molecule has 8 heteroatoms. The fourth-order valence-corrected chi connectivity index (χ4v) is 3.28. The van der Waals surface area contributed by atoms with Gasteiger partial charge in [-0.15, -0.1) is 0 Å². The second-order valence-corrected chi connectivity index (χ2v) is 6.49. The highest BCUT2D eigenvalue weighted by Crippen LogP contribution is 2.36. The molecule has 146 valence electrons. The molecule has 0 heterocycles. The summed E-state index contributed by atoms with van der Waals surface area (Å²) in [6.45, 7) is -0.176. The van der Waals surface area contributed by atoms with Crippen molar-refractivity contribution in [3.8, 4) is 0 Å². The zero-order valence-electron chi connectivity index (χ0n) is 14.6. The van der Waals surface area contributed by atoms with E-state index in [-0.39, 0.29) is 43.8 Å². The van der Waals surface area contributed by atoms with Gasteiger partial charge in [0.15, 0.2) is 0 Å². The molecule has 1 saturated carbocycles. The first-order valence-corrected chi connectivity index (χ1v) is 8.85. The zero-order chi connectivity index (χ0) is 19.2. The van der Waals surface area contributed by atoms with Crippen LogP contribution in [-0.4, -0.2) is 42.4 Å². The molecule has 1 aromatic rings. The number of halogens is 3. The van der Waals surface area contributed by atoms with Gasteiger partial charge in [-0.2, -0.15) is 13.2 Å². The Morgan fingerprint density at radius 1 is 1.12 bits per heavy atom. The summed E-state index contributed by atoms with van der Waals surface area (Å²) in [6.07, 6.45) is -0.112. The number of carbonyl (C=O) groups excluding carboxylic acids is 1. The lowest BCUT2D eigenvalue weighted by molar-refractivity contribution is -0.137. The van der Waals surface area contributed by atoms with Gasteiger partial charge >= 0.3 is 6.18 Å². The van der Waals surface area contributed by atoms with Gasteiger partial charge in [-0.25, -0.2) is 0 Å². The van der Waals surface area contributed by atoms with Gasteiger partial charge in [0.05, 0.1) is 30.2 Å². The SMILES string of the molecule is O=C(Nc1cc(C(F)(F)F)ccc1N(CCO)CCO)C1CCCCC1. The number of rotatable bonds is 7. The Balaban J connectivity index is 2.32. The van der Waals surface area contributed by atoms with E-state index in [2.05, 4.69) is 5.32 Å². The number of amides is 1. The summed E-state index contributed by atoms with van der Waals surface area (Å²) >= 11 is 0. The largest absolute Gasteiger partial charge is 0.416 e. The van der Waals surface area contributed by atoms with Crippen molar-refractivity contribution in [1.29, 1.82) is 0 Å². The number of nitrogens with one attached hydrogen (secondary N) is 1.